The van der Waals surface area contributed by atoms with Gasteiger partial charge in [0.2, 0.25) is 5.91 Å². The van der Waals surface area contributed by atoms with Gasteiger partial charge in [-0.05, 0) is 85.5 Å². The minimum atomic E-state index is -0.636. The zero-order chi connectivity index (χ0) is 22.6. The topological polar surface area (TPSA) is 108 Å². The van der Waals surface area contributed by atoms with Crippen molar-refractivity contribution in [2.75, 3.05) is 12.3 Å². The van der Waals surface area contributed by atoms with Crippen LogP contribution in [-0.2, 0) is 11.2 Å². The molecule has 166 valence electrons. The van der Waals surface area contributed by atoms with Crippen LogP contribution in [0, 0.1) is 11.3 Å². The summed E-state index contributed by atoms with van der Waals surface area (Å²) in [7, 11) is 0. The molecule has 1 heterocycles. The van der Waals surface area contributed by atoms with Crippen molar-refractivity contribution in [1.29, 1.82) is 0 Å². The van der Waals surface area contributed by atoms with E-state index in [1.807, 2.05) is 54.7 Å². The maximum Gasteiger partial charge on any atom is 0.224 e. The Morgan fingerprint density at radius 3 is 2.38 bits per heavy atom. The Morgan fingerprint density at radius 2 is 1.72 bits per heavy atom. The summed E-state index contributed by atoms with van der Waals surface area (Å²) in [5, 5.41) is 0. The number of hydrogen-bond acceptors (Lipinski definition) is 4. The molecular formula is C27H32N4O. The molecule has 0 radical (unpaired) electrons. The van der Waals surface area contributed by atoms with Crippen molar-refractivity contribution in [3.63, 3.8) is 0 Å². The van der Waals surface area contributed by atoms with E-state index in [4.69, 9.17) is 22.2 Å². The van der Waals surface area contributed by atoms with Gasteiger partial charge in [0, 0.05) is 23.5 Å². The van der Waals surface area contributed by atoms with Crippen LogP contribution in [0.15, 0.2) is 72.9 Å². The Labute approximate surface area is 190 Å². The SMILES string of the molecule is NCC1CCC(C(N)=O)(C(Cc2ccccc2)c2cc(-c3cccc(N)c3)ccn2)CC1. The third-order valence-corrected chi connectivity index (χ3v) is 7.13. The van der Waals surface area contributed by atoms with Crippen molar-refractivity contribution < 1.29 is 4.79 Å². The summed E-state index contributed by atoms with van der Waals surface area (Å²) in [4.78, 5) is 17.8. The first-order valence-corrected chi connectivity index (χ1v) is 11.4. The first-order valence-electron chi connectivity index (χ1n) is 11.4. The largest absolute Gasteiger partial charge is 0.399 e. The van der Waals surface area contributed by atoms with E-state index in [0.29, 0.717) is 18.9 Å². The third-order valence-electron chi connectivity index (χ3n) is 7.13. The second-order valence-electron chi connectivity index (χ2n) is 9.04. The highest BCUT2D eigenvalue weighted by molar-refractivity contribution is 5.82. The van der Waals surface area contributed by atoms with Crippen molar-refractivity contribution in [3.8, 4) is 11.1 Å². The molecule has 1 atom stereocenters. The van der Waals surface area contributed by atoms with Gasteiger partial charge < -0.3 is 17.2 Å². The van der Waals surface area contributed by atoms with Crippen LogP contribution in [0.25, 0.3) is 11.1 Å². The Hall–Kier alpha value is -3.18. The highest BCUT2D eigenvalue weighted by atomic mass is 16.1. The first kappa shape index (κ1) is 22.0. The van der Waals surface area contributed by atoms with Gasteiger partial charge in [-0.2, -0.15) is 0 Å². The van der Waals surface area contributed by atoms with Crippen molar-refractivity contribution in [2.24, 2.45) is 22.8 Å². The first-order chi connectivity index (χ1) is 15.5. The molecule has 0 saturated heterocycles. The molecule has 1 fully saturated rings. The average Bonchev–Trinajstić information content (AvgIpc) is 2.83. The lowest BCUT2D eigenvalue weighted by molar-refractivity contribution is -0.131. The molecule has 5 heteroatoms. The Morgan fingerprint density at radius 1 is 1.00 bits per heavy atom. The number of nitrogens with two attached hydrogens (primary N) is 3. The predicted octanol–water partition coefficient (Wildman–Crippen LogP) is 4.28. The lowest BCUT2D eigenvalue weighted by Gasteiger charge is -2.43. The summed E-state index contributed by atoms with van der Waals surface area (Å²) >= 11 is 0. The lowest BCUT2D eigenvalue weighted by atomic mass is 9.60. The van der Waals surface area contributed by atoms with Crippen LogP contribution in [0.1, 0.15) is 42.9 Å². The second-order valence-corrected chi connectivity index (χ2v) is 9.04. The van der Waals surface area contributed by atoms with Crippen LogP contribution < -0.4 is 17.2 Å². The van der Waals surface area contributed by atoms with Gasteiger partial charge in [-0.3, -0.25) is 9.78 Å². The summed E-state index contributed by atoms with van der Waals surface area (Å²) in [6.07, 6.45) is 5.85. The van der Waals surface area contributed by atoms with Gasteiger partial charge in [-0.25, -0.2) is 0 Å². The number of anilines is 1. The number of benzene rings is 2. The number of rotatable bonds is 7. The van der Waals surface area contributed by atoms with E-state index in [9.17, 15) is 4.79 Å². The van der Waals surface area contributed by atoms with E-state index in [1.54, 1.807) is 0 Å². The van der Waals surface area contributed by atoms with Crippen LogP contribution in [0.3, 0.4) is 0 Å². The third kappa shape index (κ3) is 4.53. The van der Waals surface area contributed by atoms with Gasteiger partial charge in [0.15, 0.2) is 0 Å². The van der Waals surface area contributed by atoms with Crippen LogP contribution >= 0.6 is 0 Å². The number of amides is 1. The van der Waals surface area contributed by atoms with Crippen molar-refractivity contribution in [2.45, 2.75) is 38.0 Å². The van der Waals surface area contributed by atoms with Gasteiger partial charge in [-0.15, -0.1) is 0 Å². The smallest absolute Gasteiger partial charge is 0.224 e. The van der Waals surface area contributed by atoms with Crippen LogP contribution in [0.2, 0.25) is 0 Å². The van der Waals surface area contributed by atoms with Gasteiger partial charge in [-0.1, -0.05) is 42.5 Å². The van der Waals surface area contributed by atoms with Gasteiger partial charge in [0.1, 0.15) is 0 Å². The highest BCUT2D eigenvalue weighted by Crippen LogP contribution is 2.49. The molecule has 5 nitrogen and oxygen atoms in total. The maximum absolute atomic E-state index is 13.0. The molecule has 1 saturated carbocycles. The van der Waals surface area contributed by atoms with E-state index in [1.165, 1.54) is 5.56 Å². The number of pyridine rings is 1. The van der Waals surface area contributed by atoms with Gasteiger partial charge in [0.05, 0.1) is 5.41 Å². The fourth-order valence-corrected chi connectivity index (χ4v) is 5.16. The average molecular weight is 429 g/mol. The molecule has 1 unspecified atom stereocenters. The van der Waals surface area contributed by atoms with E-state index in [2.05, 4.69) is 18.2 Å². The van der Waals surface area contributed by atoms with E-state index in [0.717, 1.165) is 48.2 Å². The molecule has 1 amide bonds. The van der Waals surface area contributed by atoms with Crippen molar-refractivity contribution >= 4 is 11.6 Å². The lowest BCUT2D eigenvalue weighted by Crippen LogP contribution is -2.46. The normalized spacial score (nSPS) is 21.7. The quantitative estimate of drug-likeness (QED) is 0.488. The van der Waals surface area contributed by atoms with Gasteiger partial charge in [0.25, 0.3) is 0 Å². The molecule has 1 aromatic heterocycles. The molecule has 3 aromatic rings. The molecule has 2 aromatic carbocycles. The van der Waals surface area contributed by atoms with Gasteiger partial charge >= 0.3 is 0 Å². The molecular weight excluding hydrogens is 396 g/mol. The number of aromatic nitrogens is 1. The number of carbonyl (C=O) groups excluding carboxylic acids is 1. The number of primary amides is 1. The molecule has 4 rings (SSSR count). The molecule has 32 heavy (non-hydrogen) atoms. The summed E-state index contributed by atoms with van der Waals surface area (Å²) in [5.74, 6) is 0.110. The van der Waals surface area contributed by atoms with Crippen LogP contribution in [0.4, 0.5) is 5.69 Å². The molecule has 0 spiro atoms. The summed E-state index contributed by atoms with van der Waals surface area (Å²) < 4.78 is 0. The zero-order valence-corrected chi connectivity index (χ0v) is 18.4. The van der Waals surface area contributed by atoms with Crippen molar-refractivity contribution in [3.05, 3.63) is 84.2 Å². The second kappa shape index (κ2) is 9.53. The minimum absolute atomic E-state index is 0.109. The predicted molar refractivity (Wildman–Crippen MR) is 130 cm³/mol. The number of hydrogen-bond donors (Lipinski definition) is 3. The Balaban J connectivity index is 1.78. The van der Waals surface area contributed by atoms with E-state index >= 15 is 0 Å². The molecule has 0 bridgehead atoms. The van der Waals surface area contributed by atoms with Crippen molar-refractivity contribution in [1.82, 2.24) is 4.98 Å². The fourth-order valence-electron chi connectivity index (χ4n) is 5.16. The molecule has 0 aliphatic heterocycles. The Bertz CT molecular complexity index is 1060. The highest BCUT2D eigenvalue weighted by Gasteiger charge is 2.47. The number of nitrogens with zero attached hydrogens (tertiary/aromatic N) is 1. The minimum Gasteiger partial charge on any atom is -0.399 e. The number of carbonyl (C=O) groups is 1. The molecule has 1 aliphatic carbocycles. The van der Waals surface area contributed by atoms with Crippen LogP contribution in [-0.4, -0.2) is 17.4 Å². The molecule has 1 aliphatic rings. The maximum atomic E-state index is 13.0. The summed E-state index contributed by atoms with van der Waals surface area (Å²) in [6.45, 7) is 0.654. The van der Waals surface area contributed by atoms with E-state index in [-0.39, 0.29) is 11.8 Å². The fraction of sp³-hybridized carbons (Fsp3) is 0.333. The standard InChI is InChI=1S/C27H32N4O/c28-18-20-9-12-27(13-10-20,26(30)32)24(15-19-5-2-1-3-6-19)25-17-22(11-14-31-25)21-7-4-8-23(29)16-21/h1-8,11,14,16-17,20,24H,9-10,12-13,15,18,28-29H2,(H2,30,32). The summed E-state index contributed by atoms with van der Waals surface area (Å²) in [6, 6.07) is 22.2. The summed E-state index contributed by atoms with van der Waals surface area (Å²) in [5.41, 5.74) is 22.3. The monoisotopic (exact) mass is 428 g/mol. The van der Waals surface area contributed by atoms with Crippen LogP contribution in [0.5, 0.6) is 0 Å². The van der Waals surface area contributed by atoms with E-state index < -0.39 is 5.41 Å². The Kier molecular flexibility index (Phi) is 6.56. The zero-order valence-electron chi connectivity index (χ0n) is 18.4. The molecule has 6 N–H and O–H groups in total. The number of nitrogen functional groups attached to an aromatic ring is 1.